The van der Waals surface area contributed by atoms with Gasteiger partial charge in [-0.3, -0.25) is 0 Å². The van der Waals surface area contributed by atoms with Crippen LogP contribution in [0.15, 0.2) is 84.9 Å². The third-order valence-electron chi connectivity index (χ3n) is 7.87. The van der Waals surface area contributed by atoms with Crippen molar-refractivity contribution in [2.45, 2.75) is 0 Å². The van der Waals surface area contributed by atoms with Gasteiger partial charge in [-0.25, -0.2) is 0 Å². The van der Waals surface area contributed by atoms with Crippen LogP contribution in [0, 0.1) is 0 Å². The third-order valence-corrected chi connectivity index (χ3v) is 7.87. The molecule has 0 saturated heterocycles. The van der Waals surface area contributed by atoms with E-state index in [4.69, 9.17) is 0 Å². The number of benzene rings is 6. The van der Waals surface area contributed by atoms with Crippen molar-refractivity contribution < 1.29 is 61.3 Å². The van der Waals surface area contributed by atoms with Crippen LogP contribution in [0.2, 0.25) is 0 Å². The fourth-order valence-corrected chi connectivity index (χ4v) is 5.53. The molecule has 0 unspecified atom stereocenters. The Morgan fingerprint density at radius 1 is 0.188 bits per heavy atom. The molecule has 0 amide bonds. The first-order valence-electron chi connectivity index (χ1n) is 14.0. The molecule has 6 rings (SSSR count). The summed E-state index contributed by atoms with van der Waals surface area (Å²) in [7, 11) is 0. The summed E-state index contributed by atoms with van der Waals surface area (Å²) in [6.45, 7) is 0. The van der Waals surface area contributed by atoms with Gasteiger partial charge >= 0.3 is 0 Å². The number of aromatic hydroxyl groups is 12. The fraction of sp³-hybridized carbons (Fsp3) is 0. The zero-order valence-electron chi connectivity index (χ0n) is 24.4. The molecule has 0 radical (unpaired) electrons. The van der Waals surface area contributed by atoms with Gasteiger partial charge in [-0.05, 0) is 48.5 Å². The summed E-state index contributed by atoms with van der Waals surface area (Å²) >= 11 is 0. The molecular formula is C36H26O12. The molecule has 0 aliphatic heterocycles. The standard InChI is InChI=1S/C36H26O12/c37-15-1-3-17(27(39)5-15)19-7-21(31(43)11-29(19)41)23-9-25(35(47)13-33(23)45)26-10-24(34(46)14-36(26)48)22-8-20(30(42)12-32(22)44)18-4-2-16(38)6-28(18)40/h1-14,37-48H. The lowest BCUT2D eigenvalue weighted by molar-refractivity contribution is 0.443. The van der Waals surface area contributed by atoms with E-state index in [0.29, 0.717) is 0 Å². The van der Waals surface area contributed by atoms with Crippen LogP contribution >= 0.6 is 0 Å². The molecule has 12 nitrogen and oxygen atoms in total. The van der Waals surface area contributed by atoms with Gasteiger partial charge in [0.15, 0.2) is 0 Å². The summed E-state index contributed by atoms with van der Waals surface area (Å²) in [5.41, 5.74) is -0.346. The van der Waals surface area contributed by atoms with E-state index in [1.165, 1.54) is 48.5 Å². The number of rotatable bonds is 5. The van der Waals surface area contributed by atoms with E-state index < -0.39 is 46.0 Å². The summed E-state index contributed by atoms with van der Waals surface area (Å²) in [4.78, 5) is 0. The van der Waals surface area contributed by atoms with E-state index in [2.05, 4.69) is 0 Å². The zero-order chi connectivity index (χ0) is 34.6. The highest BCUT2D eigenvalue weighted by atomic mass is 16.3. The quantitative estimate of drug-likeness (QED) is 0.0958. The topological polar surface area (TPSA) is 243 Å². The van der Waals surface area contributed by atoms with Crippen LogP contribution in [-0.4, -0.2) is 61.3 Å². The minimum Gasteiger partial charge on any atom is -0.508 e. The maximum Gasteiger partial charge on any atom is 0.127 e. The minimum atomic E-state index is -0.539. The molecule has 0 aromatic heterocycles. The van der Waals surface area contributed by atoms with Gasteiger partial charge in [0.25, 0.3) is 0 Å². The van der Waals surface area contributed by atoms with Crippen LogP contribution in [0.3, 0.4) is 0 Å². The Balaban J connectivity index is 1.52. The Bertz CT molecular complexity index is 2120. The maximum atomic E-state index is 10.9. The summed E-state index contributed by atoms with van der Waals surface area (Å²) in [6, 6.07) is 16.0. The largest absolute Gasteiger partial charge is 0.508 e. The average molecular weight is 651 g/mol. The molecule has 0 atom stereocenters. The maximum absolute atomic E-state index is 10.9. The van der Waals surface area contributed by atoms with Crippen molar-refractivity contribution in [3.05, 3.63) is 84.9 Å². The first-order chi connectivity index (χ1) is 22.7. The van der Waals surface area contributed by atoms with Crippen LogP contribution in [0.25, 0.3) is 55.6 Å². The molecule has 48 heavy (non-hydrogen) atoms. The average Bonchev–Trinajstić information content (AvgIpc) is 3.00. The molecule has 0 aliphatic rings. The van der Waals surface area contributed by atoms with Crippen molar-refractivity contribution in [2.75, 3.05) is 0 Å². The van der Waals surface area contributed by atoms with Gasteiger partial charge in [-0.15, -0.1) is 0 Å². The molecular weight excluding hydrogens is 624 g/mol. The summed E-state index contributed by atoms with van der Waals surface area (Å²) < 4.78 is 0. The van der Waals surface area contributed by atoms with Crippen molar-refractivity contribution in [3.63, 3.8) is 0 Å². The van der Waals surface area contributed by atoms with Gasteiger partial charge in [0, 0.05) is 92.0 Å². The molecule has 0 saturated carbocycles. The van der Waals surface area contributed by atoms with Gasteiger partial charge < -0.3 is 61.3 Å². The van der Waals surface area contributed by atoms with Gasteiger partial charge in [-0.2, -0.15) is 0 Å². The first kappa shape index (κ1) is 30.9. The molecule has 0 bridgehead atoms. The minimum absolute atomic E-state index is 0.0161. The van der Waals surface area contributed by atoms with Crippen LogP contribution in [-0.2, 0) is 0 Å². The van der Waals surface area contributed by atoms with E-state index >= 15 is 0 Å². The normalized spacial score (nSPS) is 11.1. The van der Waals surface area contributed by atoms with E-state index in [1.54, 1.807) is 0 Å². The Morgan fingerprint density at radius 2 is 0.375 bits per heavy atom. The van der Waals surface area contributed by atoms with E-state index in [0.717, 1.165) is 36.4 Å². The highest BCUT2D eigenvalue weighted by Gasteiger charge is 2.23. The highest BCUT2D eigenvalue weighted by molar-refractivity contribution is 5.92. The molecule has 6 aromatic rings. The lowest BCUT2D eigenvalue weighted by Crippen LogP contribution is -1.90. The van der Waals surface area contributed by atoms with Crippen molar-refractivity contribution in [2.24, 2.45) is 0 Å². The number of phenolic OH excluding ortho intramolecular Hbond substituents is 12. The zero-order valence-corrected chi connectivity index (χ0v) is 24.4. The number of phenols is 12. The molecule has 12 heteroatoms. The molecule has 0 heterocycles. The van der Waals surface area contributed by atoms with Crippen LogP contribution in [0.4, 0.5) is 0 Å². The molecule has 6 aromatic carbocycles. The van der Waals surface area contributed by atoms with Gasteiger partial charge in [0.1, 0.15) is 69.0 Å². The summed E-state index contributed by atoms with van der Waals surface area (Å²) in [6.07, 6.45) is 0. The van der Waals surface area contributed by atoms with E-state index in [9.17, 15) is 61.3 Å². The second-order valence-electron chi connectivity index (χ2n) is 10.9. The predicted octanol–water partition coefficient (Wildman–Crippen LogP) is 6.49. The highest BCUT2D eigenvalue weighted by Crippen LogP contribution is 2.51. The first-order valence-corrected chi connectivity index (χ1v) is 14.0. The van der Waals surface area contributed by atoms with Crippen molar-refractivity contribution >= 4 is 0 Å². The van der Waals surface area contributed by atoms with Crippen LogP contribution in [0.5, 0.6) is 69.0 Å². The van der Waals surface area contributed by atoms with Crippen molar-refractivity contribution in [3.8, 4) is 125 Å². The Labute approximate surface area is 270 Å². The SMILES string of the molecule is Oc1ccc(-c2cc(-c3cc(-c4cc(-c5cc(-c6ccc(O)cc6O)c(O)cc5O)c(O)cc4O)c(O)cc3O)c(O)cc2O)c(O)c1. The Morgan fingerprint density at radius 3 is 0.583 bits per heavy atom. The predicted molar refractivity (Wildman–Crippen MR) is 174 cm³/mol. The Hall–Kier alpha value is -7.08. The van der Waals surface area contributed by atoms with Gasteiger partial charge in [0.05, 0.1) is 0 Å². The molecule has 0 spiro atoms. The molecule has 0 fully saturated rings. The van der Waals surface area contributed by atoms with Gasteiger partial charge in [0.2, 0.25) is 0 Å². The smallest absolute Gasteiger partial charge is 0.127 e. The van der Waals surface area contributed by atoms with Crippen LogP contribution in [0.1, 0.15) is 0 Å². The van der Waals surface area contributed by atoms with E-state index in [1.807, 2.05) is 0 Å². The molecule has 12 N–H and O–H groups in total. The van der Waals surface area contributed by atoms with Crippen molar-refractivity contribution in [1.29, 1.82) is 0 Å². The third kappa shape index (κ3) is 5.28. The van der Waals surface area contributed by atoms with Gasteiger partial charge in [-0.1, -0.05) is 0 Å². The number of hydrogen-bond donors (Lipinski definition) is 12. The fourth-order valence-electron chi connectivity index (χ4n) is 5.53. The monoisotopic (exact) mass is 650 g/mol. The lowest BCUT2D eigenvalue weighted by atomic mass is 9.91. The second kappa shape index (κ2) is 11.4. The summed E-state index contributed by atoms with van der Waals surface area (Å²) in [5, 5.41) is 126. The summed E-state index contributed by atoms with van der Waals surface area (Å²) in [5.74, 6) is -5.26. The molecule has 242 valence electrons. The van der Waals surface area contributed by atoms with E-state index in [-0.39, 0.29) is 78.6 Å². The van der Waals surface area contributed by atoms with Crippen molar-refractivity contribution in [1.82, 2.24) is 0 Å². The lowest BCUT2D eigenvalue weighted by Gasteiger charge is -2.17. The molecule has 0 aliphatic carbocycles. The number of hydrogen-bond acceptors (Lipinski definition) is 12. The second-order valence-corrected chi connectivity index (χ2v) is 10.9. The van der Waals surface area contributed by atoms with Crippen LogP contribution < -0.4 is 0 Å². The Kier molecular flexibility index (Phi) is 7.33.